The Morgan fingerprint density at radius 2 is 2.24 bits per heavy atom. The molecule has 5 heteroatoms. The summed E-state index contributed by atoms with van der Waals surface area (Å²) in [6, 6.07) is 1.57. The lowest BCUT2D eigenvalue weighted by atomic mass is 9.85. The fourth-order valence-corrected chi connectivity index (χ4v) is 2.79. The zero-order valence-electron chi connectivity index (χ0n) is 12.8. The van der Waals surface area contributed by atoms with Crippen molar-refractivity contribution in [3.05, 3.63) is 17.8 Å². The molecule has 2 N–H and O–H groups in total. The van der Waals surface area contributed by atoms with Crippen LogP contribution in [-0.2, 0) is 4.74 Å². The van der Waals surface area contributed by atoms with Crippen LogP contribution in [0.4, 0.5) is 5.69 Å². The minimum Gasteiger partial charge on any atom is -0.474 e. The number of hydrogen-bond acceptors (Lipinski definition) is 5. The maximum absolute atomic E-state index is 12.0. The minimum absolute atomic E-state index is 0.119. The van der Waals surface area contributed by atoms with Gasteiger partial charge in [-0.25, -0.2) is 9.78 Å². The summed E-state index contributed by atoms with van der Waals surface area (Å²) in [4.78, 5) is 16.2. The fraction of sp³-hybridized carbons (Fsp3) is 0.625. The first-order chi connectivity index (χ1) is 10.1. The molecule has 1 aromatic heterocycles. The first kappa shape index (κ1) is 15.6. The Labute approximate surface area is 125 Å². The zero-order chi connectivity index (χ0) is 15.2. The van der Waals surface area contributed by atoms with Crippen LogP contribution >= 0.6 is 0 Å². The smallest absolute Gasteiger partial charge is 0.343 e. The first-order valence-corrected chi connectivity index (χ1v) is 7.73. The van der Waals surface area contributed by atoms with Crippen molar-refractivity contribution in [3.63, 3.8) is 0 Å². The summed E-state index contributed by atoms with van der Waals surface area (Å²) in [5, 5.41) is 0. The number of nitrogens with two attached hydrogens (primary N) is 1. The van der Waals surface area contributed by atoms with Crippen LogP contribution in [0.25, 0.3) is 0 Å². The molecule has 1 aliphatic carbocycles. The number of nitrogens with zero attached hydrogens (tertiary/aromatic N) is 1. The van der Waals surface area contributed by atoms with Crippen molar-refractivity contribution in [3.8, 4) is 5.88 Å². The summed E-state index contributed by atoms with van der Waals surface area (Å²) in [7, 11) is 0. The Hall–Kier alpha value is -1.78. The SMILES string of the molecule is CCOC(=O)c1cc(N)cnc1OC1CCCC(CC)C1. The van der Waals surface area contributed by atoms with Crippen LogP contribution in [0, 0.1) is 5.92 Å². The van der Waals surface area contributed by atoms with Crippen molar-refractivity contribution >= 4 is 11.7 Å². The van der Waals surface area contributed by atoms with E-state index in [2.05, 4.69) is 11.9 Å². The number of nitrogen functional groups attached to an aromatic ring is 1. The number of pyridine rings is 1. The molecule has 1 heterocycles. The van der Waals surface area contributed by atoms with E-state index in [1.165, 1.54) is 19.0 Å². The van der Waals surface area contributed by atoms with Gasteiger partial charge in [0.1, 0.15) is 11.7 Å². The van der Waals surface area contributed by atoms with Crippen molar-refractivity contribution in [2.24, 2.45) is 5.92 Å². The second-order valence-corrected chi connectivity index (χ2v) is 5.52. The average Bonchev–Trinajstić information content (AvgIpc) is 2.49. The topological polar surface area (TPSA) is 74.4 Å². The summed E-state index contributed by atoms with van der Waals surface area (Å²) >= 11 is 0. The molecular weight excluding hydrogens is 268 g/mol. The zero-order valence-corrected chi connectivity index (χ0v) is 12.8. The van der Waals surface area contributed by atoms with E-state index >= 15 is 0 Å². The van der Waals surface area contributed by atoms with Gasteiger partial charge in [-0.3, -0.25) is 0 Å². The molecule has 2 rings (SSSR count). The van der Waals surface area contributed by atoms with Gasteiger partial charge in [0.15, 0.2) is 0 Å². The van der Waals surface area contributed by atoms with Crippen LogP contribution < -0.4 is 10.5 Å². The van der Waals surface area contributed by atoms with Crippen LogP contribution in [0.15, 0.2) is 12.3 Å². The number of esters is 1. The van der Waals surface area contributed by atoms with Crippen LogP contribution in [0.3, 0.4) is 0 Å². The number of aromatic nitrogens is 1. The Morgan fingerprint density at radius 3 is 2.95 bits per heavy atom. The Bertz CT molecular complexity index is 490. The summed E-state index contributed by atoms with van der Waals surface area (Å²) in [5.41, 5.74) is 6.46. The number of carbonyl (C=O) groups is 1. The Kier molecular flexibility index (Phi) is 5.42. The van der Waals surface area contributed by atoms with Crippen LogP contribution in [0.5, 0.6) is 5.88 Å². The molecule has 5 nitrogen and oxygen atoms in total. The van der Waals surface area contributed by atoms with E-state index in [0.717, 1.165) is 19.3 Å². The lowest BCUT2D eigenvalue weighted by molar-refractivity contribution is 0.0511. The lowest BCUT2D eigenvalue weighted by Crippen LogP contribution is -2.26. The third-order valence-electron chi connectivity index (χ3n) is 3.96. The van der Waals surface area contributed by atoms with E-state index in [0.29, 0.717) is 29.7 Å². The standard InChI is InChI=1S/C16H24N2O3/c1-3-11-6-5-7-13(8-11)21-15-14(16(19)20-4-2)9-12(17)10-18-15/h9-11,13H,3-8,17H2,1-2H3. The van der Waals surface area contributed by atoms with E-state index in [4.69, 9.17) is 15.2 Å². The van der Waals surface area contributed by atoms with Gasteiger partial charge in [0.25, 0.3) is 0 Å². The Balaban J connectivity index is 2.13. The molecule has 0 radical (unpaired) electrons. The molecule has 0 saturated heterocycles. The van der Waals surface area contributed by atoms with Crippen molar-refractivity contribution < 1.29 is 14.3 Å². The van der Waals surface area contributed by atoms with Crippen molar-refractivity contribution in [2.75, 3.05) is 12.3 Å². The molecule has 1 saturated carbocycles. The van der Waals surface area contributed by atoms with Gasteiger partial charge in [0, 0.05) is 0 Å². The molecule has 0 amide bonds. The largest absolute Gasteiger partial charge is 0.474 e. The van der Waals surface area contributed by atoms with Gasteiger partial charge in [-0.15, -0.1) is 0 Å². The fourth-order valence-electron chi connectivity index (χ4n) is 2.79. The van der Waals surface area contributed by atoms with Crippen molar-refractivity contribution in [1.29, 1.82) is 0 Å². The first-order valence-electron chi connectivity index (χ1n) is 7.73. The summed E-state index contributed by atoms with van der Waals surface area (Å²) in [6.07, 6.45) is 7.24. The van der Waals surface area contributed by atoms with Gasteiger partial charge in [-0.2, -0.15) is 0 Å². The molecule has 1 fully saturated rings. The monoisotopic (exact) mass is 292 g/mol. The van der Waals surface area contributed by atoms with Crippen LogP contribution in [0.2, 0.25) is 0 Å². The quantitative estimate of drug-likeness (QED) is 0.844. The molecule has 116 valence electrons. The second kappa shape index (κ2) is 7.29. The molecule has 0 aliphatic heterocycles. The molecule has 0 aromatic carbocycles. The summed E-state index contributed by atoms with van der Waals surface area (Å²) < 4.78 is 11.0. The minimum atomic E-state index is -0.435. The number of rotatable bonds is 5. The predicted molar refractivity (Wildman–Crippen MR) is 81.3 cm³/mol. The maximum Gasteiger partial charge on any atom is 0.343 e. The maximum atomic E-state index is 12.0. The summed E-state index contributed by atoms with van der Waals surface area (Å²) in [6.45, 7) is 4.29. The molecule has 1 aromatic rings. The van der Waals surface area contributed by atoms with E-state index in [1.54, 1.807) is 13.0 Å². The van der Waals surface area contributed by atoms with Gasteiger partial charge in [-0.05, 0) is 38.2 Å². The normalized spacial score (nSPS) is 21.8. The highest BCUT2D eigenvalue weighted by Gasteiger charge is 2.25. The number of ether oxygens (including phenoxy) is 2. The van der Waals surface area contributed by atoms with Gasteiger partial charge in [0.2, 0.25) is 5.88 Å². The van der Waals surface area contributed by atoms with E-state index in [9.17, 15) is 4.79 Å². The highest BCUT2D eigenvalue weighted by atomic mass is 16.5. The highest BCUT2D eigenvalue weighted by molar-refractivity contribution is 5.92. The number of anilines is 1. The van der Waals surface area contributed by atoms with E-state index < -0.39 is 5.97 Å². The van der Waals surface area contributed by atoms with Gasteiger partial charge < -0.3 is 15.2 Å². The van der Waals surface area contributed by atoms with Crippen LogP contribution in [0.1, 0.15) is 56.3 Å². The molecule has 1 aliphatic rings. The third-order valence-corrected chi connectivity index (χ3v) is 3.96. The molecule has 2 atom stereocenters. The van der Waals surface area contributed by atoms with Crippen LogP contribution in [-0.4, -0.2) is 23.7 Å². The van der Waals surface area contributed by atoms with Crippen molar-refractivity contribution in [2.45, 2.75) is 52.1 Å². The number of carbonyl (C=O) groups excluding carboxylic acids is 1. The molecule has 2 unspecified atom stereocenters. The highest BCUT2D eigenvalue weighted by Crippen LogP contribution is 2.30. The van der Waals surface area contributed by atoms with Gasteiger partial charge in [0.05, 0.1) is 18.5 Å². The molecule has 0 bridgehead atoms. The number of hydrogen-bond donors (Lipinski definition) is 1. The molecular formula is C16H24N2O3. The second-order valence-electron chi connectivity index (χ2n) is 5.52. The average molecular weight is 292 g/mol. The van der Waals surface area contributed by atoms with Crippen molar-refractivity contribution in [1.82, 2.24) is 4.98 Å². The molecule has 21 heavy (non-hydrogen) atoms. The Morgan fingerprint density at radius 1 is 1.43 bits per heavy atom. The predicted octanol–water partition coefficient (Wildman–Crippen LogP) is 3.19. The molecule has 0 spiro atoms. The van der Waals surface area contributed by atoms with E-state index in [1.807, 2.05) is 0 Å². The lowest BCUT2D eigenvalue weighted by Gasteiger charge is -2.28. The van der Waals surface area contributed by atoms with E-state index in [-0.39, 0.29) is 6.10 Å². The van der Waals surface area contributed by atoms with Gasteiger partial charge >= 0.3 is 5.97 Å². The third kappa shape index (κ3) is 4.09. The summed E-state index contributed by atoms with van der Waals surface area (Å²) in [5.74, 6) is 0.600. The van der Waals surface area contributed by atoms with Gasteiger partial charge in [-0.1, -0.05) is 19.8 Å².